The summed E-state index contributed by atoms with van der Waals surface area (Å²) in [6.07, 6.45) is 5.71. The first kappa shape index (κ1) is 14.6. The molecule has 0 bridgehead atoms. The van der Waals surface area contributed by atoms with Crippen molar-refractivity contribution in [1.29, 1.82) is 0 Å². The molecule has 2 aliphatic rings. The van der Waals surface area contributed by atoms with Crippen LogP contribution < -0.4 is 10.1 Å². The predicted molar refractivity (Wildman–Crippen MR) is 95.4 cm³/mol. The van der Waals surface area contributed by atoms with Gasteiger partial charge in [0.15, 0.2) is 0 Å². The highest BCUT2D eigenvalue weighted by molar-refractivity contribution is 6.31. The lowest BCUT2D eigenvalue weighted by Crippen LogP contribution is -2.29. The number of hydrogen-bond acceptors (Lipinski definition) is 2. The third-order valence-corrected chi connectivity index (χ3v) is 5.23. The Morgan fingerprint density at radius 2 is 2.04 bits per heavy atom. The van der Waals surface area contributed by atoms with Gasteiger partial charge in [-0.15, -0.1) is 0 Å². The molecule has 3 atom stereocenters. The molecule has 0 aromatic heterocycles. The number of halogens is 1. The number of hydrogen-bond donors (Lipinski definition) is 1. The average molecular weight is 326 g/mol. The molecule has 118 valence electrons. The Bertz CT molecular complexity index is 755. The summed E-state index contributed by atoms with van der Waals surface area (Å²) in [7, 11) is 0. The quantitative estimate of drug-likeness (QED) is 0.745. The van der Waals surface area contributed by atoms with Gasteiger partial charge in [0.2, 0.25) is 0 Å². The Morgan fingerprint density at radius 1 is 1.17 bits per heavy atom. The van der Waals surface area contributed by atoms with Crippen molar-refractivity contribution in [3.8, 4) is 5.75 Å². The van der Waals surface area contributed by atoms with Gasteiger partial charge >= 0.3 is 0 Å². The summed E-state index contributed by atoms with van der Waals surface area (Å²) in [6, 6.07) is 14.8. The first-order valence-electron chi connectivity index (χ1n) is 8.22. The number of nitrogens with one attached hydrogen (secondary N) is 1. The number of anilines is 1. The van der Waals surface area contributed by atoms with Crippen molar-refractivity contribution in [1.82, 2.24) is 0 Å². The van der Waals surface area contributed by atoms with Gasteiger partial charge in [0, 0.05) is 16.6 Å². The van der Waals surface area contributed by atoms with Crippen LogP contribution in [0.2, 0.25) is 5.02 Å². The van der Waals surface area contributed by atoms with Gasteiger partial charge in [-0.1, -0.05) is 42.0 Å². The molecular weight excluding hydrogens is 306 g/mol. The second-order valence-corrected chi connectivity index (χ2v) is 6.59. The Hall–Kier alpha value is -1.93. The van der Waals surface area contributed by atoms with Gasteiger partial charge in [-0.2, -0.15) is 0 Å². The van der Waals surface area contributed by atoms with Gasteiger partial charge in [-0.05, 0) is 54.7 Å². The van der Waals surface area contributed by atoms with Gasteiger partial charge in [-0.25, -0.2) is 0 Å². The fourth-order valence-corrected chi connectivity index (χ4v) is 4.12. The predicted octanol–water partition coefficient (Wildman–Crippen LogP) is 5.57. The Kier molecular flexibility index (Phi) is 3.78. The van der Waals surface area contributed by atoms with Crippen LogP contribution in [0, 0.1) is 5.92 Å². The highest BCUT2D eigenvalue weighted by Crippen LogP contribution is 2.51. The van der Waals surface area contributed by atoms with E-state index in [-0.39, 0.29) is 6.04 Å². The molecule has 0 amide bonds. The molecule has 1 aliphatic heterocycles. The van der Waals surface area contributed by atoms with Crippen LogP contribution in [-0.2, 0) is 0 Å². The lowest BCUT2D eigenvalue weighted by atomic mass is 9.77. The second kappa shape index (κ2) is 5.93. The van der Waals surface area contributed by atoms with Crippen molar-refractivity contribution in [3.05, 3.63) is 70.8 Å². The third-order valence-electron chi connectivity index (χ3n) is 4.89. The van der Waals surface area contributed by atoms with Crippen molar-refractivity contribution in [2.75, 3.05) is 11.9 Å². The van der Waals surface area contributed by atoms with E-state index >= 15 is 0 Å². The topological polar surface area (TPSA) is 21.3 Å². The molecule has 1 aliphatic carbocycles. The fraction of sp³-hybridized carbons (Fsp3) is 0.300. The fourth-order valence-electron chi connectivity index (χ4n) is 3.86. The molecule has 0 unspecified atom stereocenters. The molecule has 0 saturated carbocycles. The van der Waals surface area contributed by atoms with Crippen molar-refractivity contribution in [3.63, 3.8) is 0 Å². The summed E-state index contributed by atoms with van der Waals surface area (Å²) < 4.78 is 5.68. The van der Waals surface area contributed by atoms with Crippen LogP contribution in [0.15, 0.2) is 54.6 Å². The Morgan fingerprint density at radius 3 is 2.87 bits per heavy atom. The van der Waals surface area contributed by atoms with Crippen LogP contribution in [0.5, 0.6) is 5.75 Å². The van der Waals surface area contributed by atoms with Crippen molar-refractivity contribution in [2.45, 2.75) is 25.3 Å². The van der Waals surface area contributed by atoms with E-state index in [0.29, 0.717) is 18.4 Å². The molecular formula is C20H20ClNO. The van der Waals surface area contributed by atoms with E-state index in [1.165, 1.54) is 16.8 Å². The smallest absolute Gasteiger partial charge is 0.119 e. The van der Waals surface area contributed by atoms with E-state index in [1.807, 2.05) is 25.1 Å². The van der Waals surface area contributed by atoms with Gasteiger partial charge in [0.05, 0.1) is 12.6 Å². The molecule has 23 heavy (non-hydrogen) atoms. The van der Waals surface area contributed by atoms with Crippen LogP contribution in [0.25, 0.3) is 0 Å². The van der Waals surface area contributed by atoms with E-state index in [0.717, 1.165) is 17.2 Å². The molecule has 1 heterocycles. The van der Waals surface area contributed by atoms with Crippen molar-refractivity contribution >= 4 is 17.3 Å². The van der Waals surface area contributed by atoms with E-state index in [1.54, 1.807) is 0 Å². The summed E-state index contributed by atoms with van der Waals surface area (Å²) in [5.41, 5.74) is 3.71. The summed E-state index contributed by atoms with van der Waals surface area (Å²) in [5.74, 6) is 1.87. The van der Waals surface area contributed by atoms with E-state index < -0.39 is 0 Å². The molecule has 0 radical (unpaired) electrons. The largest absolute Gasteiger partial charge is 0.494 e. The van der Waals surface area contributed by atoms with E-state index in [2.05, 4.69) is 41.7 Å². The minimum Gasteiger partial charge on any atom is -0.494 e. The van der Waals surface area contributed by atoms with Gasteiger partial charge in [0.1, 0.15) is 5.75 Å². The zero-order valence-corrected chi connectivity index (χ0v) is 13.9. The lowest BCUT2D eigenvalue weighted by Gasteiger charge is -2.38. The molecule has 0 saturated heterocycles. The van der Waals surface area contributed by atoms with Crippen LogP contribution in [-0.4, -0.2) is 6.61 Å². The SMILES string of the molecule is CCOc1ccc2c(c1)[C@H]1C=CC[C@H]1[C@H](c1ccccc1Cl)N2. The van der Waals surface area contributed by atoms with Crippen LogP contribution in [0.1, 0.15) is 36.4 Å². The van der Waals surface area contributed by atoms with Crippen LogP contribution >= 0.6 is 11.6 Å². The number of rotatable bonds is 3. The first-order chi connectivity index (χ1) is 11.3. The Balaban J connectivity index is 1.76. The number of benzene rings is 2. The molecule has 1 N–H and O–H groups in total. The van der Waals surface area contributed by atoms with Gasteiger partial charge < -0.3 is 10.1 Å². The maximum Gasteiger partial charge on any atom is 0.119 e. The number of allylic oxidation sites excluding steroid dienone is 2. The second-order valence-electron chi connectivity index (χ2n) is 6.18. The lowest BCUT2D eigenvalue weighted by molar-refractivity contribution is 0.338. The molecule has 4 rings (SSSR count). The van der Waals surface area contributed by atoms with E-state index in [4.69, 9.17) is 16.3 Å². The molecule has 2 nitrogen and oxygen atoms in total. The standard InChI is InChI=1S/C20H20ClNO/c1-2-23-13-10-11-19-17(12-13)14-7-5-8-15(14)20(22-19)16-6-3-4-9-18(16)21/h3-7,9-12,14-15,20,22H,2,8H2,1H3/t14-,15+,20+/m0/s1. The minimum absolute atomic E-state index is 0.245. The van der Waals surface area contributed by atoms with Gasteiger partial charge in [0.25, 0.3) is 0 Å². The summed E-state index contributed by atoms with van der Waals surface area (Å²) in [4.78, 5) is 0. The highest BCUT2D eigenvalue weighted by Gasteiger charge is 2.38. The third kappa shape index (κ3) is 2.51. The first-order valence-corrected chi connectivity index (χ1v) is 8.60. The molecule has 2 aromatic carbocycles. The maximum absolute atomic E-state index is 6.46. The zero-order valence-electron chi connectivity index (χ0n) is 13.1. The van der Waals surface area contributed by atoms with Crippen LogP contribution in [0.4, 0.5) is 5.69 Å². The molecule has 2 aromatic rings. The van der Waals surface area contributed by atoms with Crippen molar-refractivity contribution < 1.29 is 4.74 Å². The van der Waals surface area contributed by atoms with Gasteiger partial charge in [-0.3, -0.25) is 0 Å². The van der Waals surface area contributed by atoms with Crippen molar-refractivity contribution in [2.24, 2.45) is 5.92 Å². The molecule has 0 spiro atoms. The minimum atomic E-state index is 0.245. The number of ether oxygens (including phenoxy) is 1. The molecule has 0 fully saturated rings. The average Bonchev–Trinajstić information content (AvgIpc) is 3.05. The maximum atomic E-state index is 6.46. The van der Waals surface area contributed by atoms with E-state index in [9.17, 15) is 0 Å². The zero-order chi connectivity index (χ0) is 15.8. The summed E-state index contributed by atoms with van der Waals surface area (Å²) >= 11 is 6.46. The number of fused-ring (bicyclic) bond motifs is 3. The molecule has 3 heteroatoms. The monoisotopic (exact) mass is 325 g/mol. The highest BCUT2D eigenvalue weighted by atomic mass is 35.5. The summed E-state index contributed by atoms with van der Waals surface area (Å²) in [5, 5.41) is 4.55. The summed E-state index contributed by atoms with van der Waals surface area (Å²) in [6.45, 7) is 2.71. The van der Waals surface area contributed by atoms with Crippen LogP contribution in [0.3, 0.4) is 0 Å². The Labute approximate surface area is 142 Å². The normalized spacial score (nSPS) is 24.7.